The first-order chi connectivity index (χ1) is 9.24. The predicted octanol–water partition coefficient (Wildman–Crippen LogP) is 3.02. The molecule has 2 saturated heterocycles. The van der Waals surface area contributed by atoms with Gasteiger partial charge in [-0.3, -0.25) is 0 Å². The van der Waals surface area contributed by atoms with Gasteiger partial charge in [-0.25, -0.2) is 0 Å². The Labute approximate surface area is 117 Å². The molecule has 104 valence electrons. The highest BCUT2D eigenvalue weighted by Gasteiger charge is 2.31. The zero-order chi connectivity index (χ0) is 13.2. The zero-order valence-corrected chi connectivity index (χ0v) is 12.3. The van der Waals surface area contributed by atoms with Crippen LogP contribution >= 0.6 is 0 Å². The van der Waals surface area contributed by atoms with Gasteiger partial charge in [-0.15, -0.1) is 0 Å². The van der Waals surface area contributed by atoms with Crippen molar-refractivity contribution in [1.29, 1.82) is 0 Å². The van der Waals surface area contributed by atoms with Crippen molar-refractivity contribution in [2.75, 3.05) is 13.1 Å². The number of piperidine rings is 1. The summed E-state index contributed by atoms with van der Waals surface area (Å²) in [4.78, 5) is 2.69. The number of rotatable bonds is 3. The van der Waals surface area contributed by atoms with E-state index in [9.17, 15) is 0 Å². The van der Waals surface area contributed by atoms with Crippen LogP contribution < -0.4 is 5.32 Å². The van der Waals surface area contributed by atoms with Crippen LogP contribution in [0.2, 0.25) is 0 Å². The summed E-state index contributed by atoms with van der Waals surface area (Å²) in [5.74, 6) is 0. The smallest absolute Gasteiger partial charge is 0.0213 e. The van der Waals surface area contributed by atoms with Crippen LogP contribution in [0.25, 0.3) is 0 Å². The minimum Gasteiger partial charge on any atom is -0.310 e. The lowest BCUT2D eigenvalue weighted by atomic mass is 9.96. The SMILES string of the molecule is Cc1cccc(C)c1CNC1CCN2CCCC2C1. The first kappa shape index (κ1) is 13.1. The number of benzene rings is 1. The molecule has 2 aliphatic rings. The van der Waals surface area contributed by atoms with Gasteiger partial charge in [-0.2, -0.15) is 0 Å². The molecule has 0 aromatic heterocycles. The maximum absolute atomic E-state index is 3.81. The number of nitrogens with zero attached hydrogens (tertiary/aromatic N) is 1. The number of fused-ring (bicyclic) bond motifs is 1. The molecule has 2 atom stereocenters. The first-order valence-corrected chi connectivity index (χ1v) is 7.76. The largest absolute Gasteiger partial charge is 0.310 e. The van der Waals surface area contributed by atoms with Gasteiger partial charge in [0.25, 0.3) is 0 Å². The van der Waals surface area contributed by atoms with Gasteiger partial charge < -0.3 is 10.2 Å². The summed E-state index contributed by atoms with van der Waals surface area (Å²) in [5, 5.41) is 3.81. The molecule has 0 radical (unpaired) electrons. The molecule has 1 aromatic rings. The summed E-state index contributed by atoms with van der Waals surface area (Å²) in [6.07, 6.45) is 5.50. The Morgan fingerprint density at radius 1 is 1.16 bits per heavy atom. The fraction of sp³-hybridized carbons (Fsp3) is 0.647. The van der Waals surface area contributed by atoms with Crippen molar-refractivity contribution in [3.05, 3.63) is 34.9 Å². The molecule has 3 rings (SSSR count). The lowest BCUT2D eigenvalue weighted by molar-refractivity contribution is 0.166. The van der Waals surface area contributed by atoms with E-state index in [1.165, 1.54) is 55.5 Å². The lowest BCUT2D eigenvalue weighted by Crippen LogP contribution is -2.45. The third-order valence-corrected chi connectivity index (χ3v) is 5.03. The number of nitrogens with one attached hydrogen (secondary N) is 1. The molecule has 2 heteroatoms. The Morgan fingerprint density at radius 3 is 2.74 bits per heavy atom. The second kappa shape index (κ2) is 5.64. The van der Waals surface area contributed by atoms with E-state index < -0.39 is 0 Å². The highest BCUT2D eigenvalue weighted by atomic mass is 15.2. The van der Waals surface area contributed by atoms with Gasteiger partial charge in [0.15, 0.2) is 0 Å². The van der Waals surface area contributed by atoms with Crippen LogP contribution in [-0.2, 0) is 6.54 Å². The number of hydrogen-bond donors (Lipinski definition) is 1. The van der Waals surface area contributed by atoms with Crippen LogP contribution in [0.3, 0.4) is 0 Å². The molecule has 19 heavy (non-hydrogen) atoms. The molecule has 0 bridgehead atoms. The average molecular weight is 258 g/mol. The fourth-order valence-corrected chi connectivity index (χ4v) is 3.78. The molecule has 2 heterocycles. The van der Waals surface area contributed by atoms with E-state index in [0.717, 1.165) is 18.6 Å². The Hall–Kier alpha value is -0.860. The Bertz CT molecular complexity index is 421. The van der Waals surface area contributed by atoms with Crippen LogP contribution in [0.5, 0.6) is 0 Å². The van der Waals surface area contributed by atoms with Crippen molar-refractivity contribution < 1.29 is 0 Å². The van der Waals surface area contributed by atoms with Gasteiger partial charge in [-0.1, -0.05) is 18.2 Å². The van der Waals surface area contributed by atoms with E-state index in [4.69, 9.17) is 0 Å². The quantitative estimate of drug-likeness (QED) is 0.896. The lowest BCUT2D eigenvalue weighted by Gasteiger charge is -2.35. The van der Waals surface area contributed by atoms with Crippen molar-refractivity contribution >= 4 is 0 Å². The van der Waals surface area contributed by atoms with Gasteiger partial charge in [0.05, 0.1) is 0 Å². The van der Waals surface area contributed by atoms with Gasteiger partial charge in [0.2, 0.25) is 0 Å². The van der Waals surface area contributed by atoms with E-state index >= 15 is 0 Å². The summed E-state index contributed by atoms with van der Waals surface area (Å²) in [5.41, 5.74) is 4.34. The second-order valence-electron chi connectivity index (χ2n) is 6.30. The molecular formula is C17H26N2. The fourth-order valence-electron chi connectivity index (χ4n) is 3.78. The summed E-state index contributed by atoms with van der Waals surface area (Å²) >= 11 is 0. The summed E-state index contributed by atoms with van der Waals surface area (Å²) < 4.78 is 0. The van der Waals surface area contributed by atoms with Crippen LogP contribution in [0.4, 0.5) is 0 Å². The molecule has 2 unspecified atom stereocenters. The van der Waals surface area contributed by atoms with Crippen LogP contribution in [0.1, 0.15) is 42.4 Å². The average Bonchev–Trinajstić information content (AvgIpc) is 2.85. The molecule has 0 amide bonds. The van der Waals surface area contributed by atoms with E-state index in [-0.39, 0.29) is 0 Å². The van der Waals surface area contributed by atoms with E-state index in [2.05, 4.69) is 42.3 Å². The number of aryl methyl sites for hydroxylation is 2. The van der Waals surface area contributed by atoms with Gasteiger partial charge in [-0.05, 0) is 69.3 Å². The normalized spacial score (nSPS) is 27.5. The topological polar surface area (TPSA) is 15.3 Å². The minimum absolute atomic E-state index is 0.721. The van der Waals surface area contributed by atoms with E-state index in [1.807, 2.05) is 0 Å². The second-order valence-corrected chi connectivity index (χ2v) is 6.30. The van der Waals surface area contributed by atoms with Crippen molar-refractivity contribution in [3.63, 3.8) is 0 Å². The van der Waals surface area contributed by atoms with Crippen molar-refractivity contribution in [1.82, 2.24) is 10.2 Å². The predicted molar refractivity (Wildman–Crippen MR) is 80.4 cm³/mol. The summed E-state index contributed by atoms with van der Waals surface area (Å²) in [6, 6.07) is 8.20. The van der Waals surface area contributed by atoms with E-state index in [1.54, 1.807) is 0 Å². The third-order valence-electron chi connectivity index (χ3n) is 5.03. The van der Waals surface area contributed by atoms with E-state index in [0.29, 0.717) is 0 Å². The van der Waals surface area contributed by atoms with Crippen LogP contribution in [0.15, 0.2) is 18.2 Å². The summed E-state index contributed by atoms with van der Waals surface area (Å²) in [7, 11) is 0. The first-order valence-electron chi connectivity index (χ1n) is 7.76. The molecular weight excluding hydrogens is 232 g/mol. The zero-order valence-electron chi connectivity index (χ0n) is 12.3. The van der Waals surface area contributed by atoms with Gasteiger partial charge in [0, 0.05) is 18.6 Å². The Balaban J connectivity index is 1.58. The Kier molecular flexibility index (Phi) is 3.90. The molecule has 0 spiro atoms. The van der Waals surface area contributed by atoms with Crippen molar-refractivity contribution in [2.45, 2.75) is 58.2 Å². The van der Waals surface area contributed by atoms with Crippen LogP contribution in [-0.4, -0.2) is 30.1 Å². The van der Waals surface area contributed by atoms with Gasteiger partial charge in [0.1, 0.15) is 0 Å². The van der Waals surface area contributed by atoms with Crippen LogP contribution in [0, 0.1) is 13.8 Å². The Morgan fingerprint density at radius 2 is 1.95 bits per heavy atom. The molecule has 1 N–H and O–H groups in total. The minimum atomic E-state index is 0.721. The van der Waals surface area contributed by atoms with Gasteiger partial charge >= 0.3 is 0 Å². The molecule has 0 aliphatic carbocycles. The van der Waals surface area contributed by atoms with Crippen molar-refractivity contribution in [2.24, 2.45) is 0 Å². The summed E-state index contributed by atoms with van der Waals surface area (Å²) in [6.45, 7) is 8.13. The third kappa shape index (κ3) is 2.85. The molecule has 1 aromatic carbocycles. The maximum atomic E-state index is 3.81. The standard InChI is InChI=1S/C17H26N2/c1-13-5-3-6-14(2)17(13)12-18-15-8-10-19-9-4-7-16(19)11-15/h3,5-6,15-16,18H,4,7-12H2,1-2H3. The molecule has 2 nitrogen and oxygen atoms in total. The molecule has 2 aliphatic heterocycles. The maximum Gasteiger partial charge on any atom is 0.0213 e. The number of hydrogen-bond acceptors (Lipinski definition) is 2. The highest BCUT2D eigenvalue weighted by Crippen LogP contribution is 2.27. The van der Waals surface area contributed by atoms with Crippen molar-refractivity contribution in [3.8, 4) is 0 Å². The highest BCUT2D eigenvalue weighted by molar-refractivity contribution is 5.33. The monoisotopic (exact) mass is 258 g/mol. The molecule has 2 fully saturated rings. The molecule has 0 saturated carbocycles.